The maximum absolute atomic E-state index is 4.41. The molecule has 0 unspecified atom stereocenters. The fraction of sp³-hybridized carbons (Fsp3) is 0.733. The Balaban J connectivity index is 1.99. The minimum atomic E-state index is 0.423. The molecule has 2 heterocycles. The summed E-state index contributed by atoms with van der Waals surface area (Å²) in [7, 11) is 0. The van der Waals surface area contributed by atoms with Crippen LogP contribution in [0.2, 0.25) is 0 Å². The molecule has 1 aromatic rings. The van der Waals surface area contributed by atoms with Crippen LogP contribution in [-0.4, -0.2) is 29.6 Å². The average molecular weight is 262 g/mol. The Labute approximate surface area is 116 Å². The molecule has 4 nitrogen and oxygen atoms in total. The third-order valence-electron chi connectivity index (χ3n) is 4.05. The lowest BCUT2D eigenvalue weighted by Crippen LogP contribution is -2.38. The van der Waals surface area contributed by atoms with Gasteiger partial charge in [0.15, 0.2) is 0 Å². The van der Waals surface area contributed by atoms with E-state index in [1.54, 1.807) is 6.33 Å². The Morgan fingerprint density at radius 3 is 2.53 bits per heavy atom. The second-order valence-corrected chi connectivity index (χ2v) is 6.42. The van der Waals surface area contributed by atoms with E-state index >= 15 is 0 Å². The summed E-state index contributed by atoms with van der Waals surface area (Å²) in [5, 5.41) is 3.24. The molecule has 0 bridgehead atoms. The third-order valence-corrected chi connectivity index (χ3v) is 4.05. The second-order valence-electron chi connectivity index (χ2n) is 6.42. The monoisotopic (exact) mass is 262 g/mol. The molecule has 1 aliphatic heterocycles. The van der Waals surface area contributed by atoms with Crippen LogP contribution < -0.4 is 10.2 Å². The first-order chi connectivity index (χ1) is 9.00. The number of hydrogen-bond acceptors (Lipinski definition) is 4. The maximum Gasteiger partial charge on any atom is 0.134 e. The average Bonchev–Trinajstić information content (AvgIpc) is 2.39. The van der Waals surface area contributed by atoms with Gasteiger partial charge in [-0.2, -0.15) is 0 Å². The normalized spacial score (nSPS) is 17.6. The highest BCUT2D eigenvalue weighted by molar-refractivity contribution is 5.48. The van der Waals surface area contributed by atoms with Crippen LogP contribution in [0.4, 0.5) is 11.6 Å². The molecule has 106 valence electrons. The Morgan fingerprint density at radius 2 is 1.95 bits per heavy atom. The zero-order valence-electron chi connectivity index (χ0n) is 12.6. The quantitative estimate of drug-likeness (QED) is 0.908. The van der Waals surface area contributed by atoms with Gasteiger partial charge in [-0.05, 0) is 31.1 Å². The molecular weight excluding hydrogens is 236 g/mol. The minimum absolute atomic E-state index is 0.423. The van der Waals surface area contributed by atoms with E-state index < -0.39 is 0 Å². The summed E-state index contributed by atoms with van der Waals surface area (Å²) in [5.74, 6) is 2.79. The van der Waals surface area contributed by atoms with Gasteiger partial charge in [-0.15, -0.1) is 0 Å². The Morgan fingerprint density at radius 1 is 1.26 bits per heavy atom. The SMILES string of the molecule is CCNc1cc(N2CCC(C(C)(C)C)CC2)ncn1. The van der Waals surface area contributed by atoms with Crippen molar-refractivity contribution in [3.8, 4) is 0 Å². The van der Waals surface area contributed by atoms with Gasteiger partial charge in [-0.25, -0.2) is 9.97 Å². The molecule has 1 aliphatic rings. The summed E-state index contributed by atoms with van der Waals surface area (Å²) >= 11 is 0. The fourth-order valence-electron chi connectivity index (χ4n) is 2.77. The summed E-state index contributed by atoms with van der Waals surface area (Å²) in [5.41, 5.74) is 0.423. The molecule has 19 heavy (non-hydrogen) atoms. The standard InChI is InChI=1S/C15H26N4/c1-5-16-13-10-14(18-11-17-13)19-8-6-12(7-9-19)15(2,3)4/h10-12H,5-9H2,1-4H3,(H,16,17,18). The molecule has 2 rings (SSSR count). The molecule has 1 aromatic heterocycles. The molecule has 4 heteroatoms. The molecular formula is C15H26N4. The summed E-state index contributed by atoms with van der Waals surface area (Å²) in [4.78, 5) is 11.0. The van der Waals surface area contributed by atoms with E-state index in [0.717, 1.165) is 37.2 Å². The summed E-state index contributed by atoms with van der Waals surface area (Å²) in [6.45, 7) is 12.2. The van der Waals surface area contributed by atoms with Gasteiger partial charge in [0.2, 0.25) is 0 Å². The second kappa shape index (κ2) is 5.76. The highest BCUT2D eigenvalue weighted by atomic mass is 15.2. The predicted octanol–water partition coefficient (Wildman–Crippen LogP) is 3.17. The van der Waals surface area contributed by atoms with Crippen molar-refractivity contribution in [3.05, 3.63) is 12.4 Å². The first-order valence-corrected chi connectivity index (χ1v) is 7.31. The number of hydrogen-bond donors (Lipinski definition) is 1. The van der Waals surface area contributed by atoms with Crippen molar-refractivity contribution in [2.75, 3.05) is 29.9 Å². The van der Waals surface area contributed by atoms with Crippen molar-refractivity contribution in [2.45, 2.75) is 40.5 Å². The number of aromatic nitrogens is 2. The lowest BCUT2D eigenvalue weighted by Gasteiger charge is -2.39. The number of rotatable bonds is 3. The number of anilines is 2. The molecule has 0 aliphatic carbocycles. The van der Waals surface area contributed by atoms with E-state index in [4.69, 9.17) is 0 Å². The van der Waals surface area contributed by atoms with E-state index in [-0.39, 0.29) is 0 Å². The first-order valence-electron chi connectivity index (χ1n) is 7.31. The smallest absolute Gasteiger partial charge is 0.134 e. The largest absolute Gasteiger partial charge is 0.370 e. The van der Waals surface area contributed by atoms with Crippen LogP contribution in [0.5, 0.6) is 0 Å². The van der Waals surface area contributed by atoms with E-state index in [1.807, 2.05) is 0 Å². The van der Waals surface area contributed by atoms with Gasteiger partial charge in [0.1, 0.15) is 18.0 Å². The van der Waals surface area contributed by atoms with Crippen LogP contribution in [0.25, 0.3) is 0 Å². The molecule has 1 N–H and O–H groups in total. The molecule has 0 radical (unpaired) electrons. The van der Waals surface area contributed by atoms with E-state index in [9.17, 15) is 0 Å². The maximum atomic E-state index is 4.41. The third kappa shape index (κ3) is 3.58. The van der Waals surface area contributed by atoms with Gasteiger partial charge in [0.25, 0.3) is 0 Å². The lowest BCUT2D eigenvalue weighted by atomic mass is 9.75. The molecule has 1 fully saturated rings. The zero-order valence-corrected chi connectivity index (χ0v) is 12.6. The van der Waals surface area contributed by atoms with Crippen LogP contribution in [0.15, 0.2) is 12.4 Å². The Bertz CT molecular complexity index is 403. The molecule has 0 spiro atoms. The van der Waals surface area contributed by atoms with Gasteiger partial charge in [0.05, 0.1) is 0 Å². The van der Waals surface area contributed by atoms with Crippen LogP contribution in [-0.2, 0) is 0 Å². The topological polar surface area (TPSA) is 41.0 Å². The summed E-state index contributed by atoms with van der Waals surface area (Å²) < 4.78 is 0. The van der Waals surface area contributed by atoms with Gasteiger partial charge < -0.3 is 10.2 Å². The summed E-state index contributed by atoms with van der Waals surface area (Å²) in [6, 6.07) is 2.06. The minimum Gasteiger partial charge on any atom is -0.370 e. The molecule has 1 saturated heterocycles. The predicted molar refractivity (Wildman–Crippen MR) is 80.6 cm³/mol. The van der Waals surface area contributed by atoms with E-state index in [1.165, 1.54) is 12.8 Å². The van der Waals surface area contributed by atoms with Crippen molar-refractivity contribution >= 4 is 11.6 Å². The molecule has 0 aromatic carbocycles. The van der Waals surface area contributed by atoms with Crippen molar-refractivity contribution < 1.29 is 0 Å². The van der Waals surface area contributed by atoms with Crippen molar-refractivity contribution in [1.82, 2.24) is 9.97 Å². The summed E-state index contributed by atoms with van der Waals surface area (Å²) in [6.07, 6.45) is 4.16. The zero-order chi connectivity index (χ0) is 13.9. The first kappa shape index (κ1) is 14.1. The number of nitrogens with zero attached hydrogens (tertiary/aromatic N) is 3. The van der Waals surface area contributed by atoms with Crippen LogP contribution in [0.3, 0.4) is 0 Å². The van der Waals surface area contributed by atoms with Gasteiger partial charge in [0, 0.05) is 25.7 Å². The lowest BCUT2D eigenvalue weighted by molar-refractivity contribution is 0.198. The van der Waals surface area contributed by atoms with Gasteiger partial charge >= 0.3 is 0 Å². The fourth-order valence-corrected chi connectivity index (χ4v) is 2.77. The van der Waals surface area contributed by atoms with E-state index in [2.05, 4.69) is 53.9 Å². The van der Waals surface area contributed by atoms with Crippen molar-refractivity contribution in [1.29, 1.82) is 0 Å². The van der Waals surface area contributed by atoms with Gasteiger partial charge in [-0.3, -0.25) is 0 Å². The molecule has 0 saturated carbocycles. The van der Waals surface area contributed by atoms with Crippen molar-refractivity contribution in [2.24, 2.45) is 11.3 Å². The molecule has 0 atom stereocenters. The number of nitrogens with one attached hydrogen (secondary N) is 1. The van der Waals surface area contributed by atoms with Gasteiger partial charge in [-0.1, -0.05) is 20.8 Å². The Kier molecular flexibility index (Phi) is 4.27. The molecule has 0 amide bonds. The van der Waals surface area contributed by atoms with E-state index in [0.29, 0.717) is 5.41 Å². The highest BCUT2D eigenvalue weighted by Crippen LogP contribution is 2.35. The van der Waals surface area contributed by atoms with Crippen LogP contribution in [0, 0.1) is 11.3 Å². The van der Waals surface area contributed by atoms with Crippen molar-refractivity contribution in [3.63, 3.8) is 0 Å². The van der Waals surface area contributed by atoms with Crippen LogP contribution >= 0.6 is 0 Å². The highest BCUT2D eigenvalue weighted by Gasteiger charge is 2.29. The Hall–Kier alpha value is -1.32. The van der Waals surface area contributed by atoms with Crippen LogP contribution in [0.1, 0.15) is 40.5 Å². The number of piperidine rings is 1.